The van der Waals surface area contributed by atoms with Gasteiger partial charge in [-0.25, -0.2) is 4.98 Å². The second kappa shape index (κ2) is 10.8. The fraction of sp³-hybridized carbons (Fsp3) is 0.200. The first-order valence-corrected chi connectivity index (χ1v) is 6.41. The first-order chi connectivity index (χ1) is 9.81. The first kappa shape index (κ1) is 20.2. The lowest BCUT2D eigenvalue weighted by Crippen LogP contribution is -2.30. The molecule has 0 aliphatic carbocycles. The number of nitrogens with one attached hydrogen (secondary N) is 1. The Labute approximate surface area is 142 Å². The predicted molar refractivity (Wildman–Crippen MR) is 90.9 cm³/mol. The Bertz CT molecular complexity index is 568. The zero-order valence-electron chi connectivity index (χ0n) is 11.9. The number of carbonyl (C=O) groups excluding carboxylic acids is 1. The van der Waals surface area contributed by atoms with E-state index in [2.05, 4.69) is 10.3 Å². The number of nitrogens with zero attached hydrogens (tertiary/aromatic N) is 1. The summed E-state index contributed by atoms with van der Waals surface area (Å²) in [5.41, 5.74) is 6.67. The van der Waals surface area contributed by atoms with Crippen molar-refractivity contribution >= 4 is 30.7 Å². The summed E-state index contributed by atoms with van der Waals surface area (Å²) < 4.78 is 5.67. The van der Waals surface area contributed by atoms with E-state index >= 15 is 0 Å². The second-order valence-electron chi connectivity index (χ2n) is 4.17. The molecule has 0 radical (unpaired) electrons. The average Bonchev–Trinajstić information content (AvgIpc) is 2.52. The number of aromatic nitrogens is 1. The summed E-state index contributed by atoms with van der Waals surface area (Å²) >= 11 is 0. The van der Waals surface area contributed by atoms with Gasteiger partial charge in [0.25, 0.3) is 5.91 Å². The molecule has 1 aromatic heterocycles. The average molecular weight is 344 g/mol. The van der Waals surface area contributed by atoms with Crippen LogP contribution >= 0.6 is 24.8 Å². The number of hydrogen-bond donors (Lipinski definition) is 2. The minimum Gasteiger partial charge on any atom is -0.486 e. The molecular formula is C15H19Cl2N3O2. The van der Waals surface area contributed by atoms with Crippen LogP contribution in [-0.2, 0) is 6.61 Å². The molecule has 5 nitrogen and oxygen atoms in total. The summed E-state index contributed by atoms with van der Waals surface area (Å²) in [5.74, 6) is 0.185. The van der Waals surface area contributed by atoms with E-state index in [1.54, 1.807) is 18.3 Å². The number of ether oxygens (including phenoxy) is 1. The number of carbonyl (C=O) groups is 1. The van der Waals surface area contributed by atoms with Crippen molar-refractivity contribution in [3.8, 4) is 5.75 Å². The Morgan fingerprint density at radius 1 is 1.14 bits per heavy atom. The predicted octanol–water partition coefficient (Wildman–Crippen LogP) is 2.19. The molecule has 1 amide bonds. The Morgan fingerprint density at radius 3 is 2.55 bits per heavy atom. The highest BCUT2D eigenvalue weighted by Gasteiger charge is 2.13. The van der Waals surface area contributed by atoms with Gasteiger partial charge in [0.1, 0.15) is 6.61 Å². The van der Waals surface area contributed by atoms with Gasteiger partial charge in [0.05, 0.1) is 0 Å². The Kier molecular flexibility index (Phi) is 9.95. The number of pyridine rings is 1. The maximum Gasteiger partial charge on any atom is 0.273 e. The fourth-order valence-corrected chi connectivity index (χ4v) is 1.68. The Balaban J connectivity index is 0.00000220. The van der Waals surface area contributed by atoms with Gasteiger partial charge in [-0.2, -0.15) is 0 Å². The largest absolute Gasteiger partial charge is 0.486 e. The number of nitrogens with two attached hydrogens (primary N) is 1. The minimum absolute atomic E-state index is 0. The van der Waals surface area contributed by atoms with Crippen molar-refractivity contribution in [2.24, 2.45) is 5.73 Å². The van der Waals surface area contributed by atoms with E-state index in [1.165, 1.54) is 0 Å². The lowest BCUT2D eigenvalue weighted by Gasteiger charge is -2.10. The van der Waals surface area contributed by atoms with Crippen molar-refractivity contribution in [3.63, 3.8) is 0 Å². The number of benzene rings is 1. The zero-order chi connectivity index (χ0) is 14.2. The number of hydrogen-bond acceptors (Lipinski definition) is 4. The minimum atomic E-state index is -0.279. The molecule has 120 valence electrons. The van der Waals surface area contributed by atoms with Crippen molar-refractivity contribution in [2.45, 2.75) is 6.61 Å². The molecule has 1 aromatic carbocycles. The molecule has 0 aliphatic rings. The molecule has 2 aromatic rings. The van der Waals surface area contributed by atoms with Gasteiger partial charge in [0, 0.05) is 19.3 Å². The van der Waals surface area contributed by atoms with E-state index in [9.17, 15) is 4.79 Å². The van der Waals surface area contributed by atoms with E-state index in [0.29, 0.717) is 25.4 Å². The van der Waals surface area contributed by atoms with Crippen LogP contribution in [0.5, 0.6) is 5.75 Å². The van der Waals surface area contributed by atoms with Gasteiger partial charge < -0.3 is 15.8 Å². The van der Waals surface area contributed by atoms with Crippen LogP contribution in [0, 0.1) is 0 Å². The standard InChI is InChI=1S/C15H17N3O2.2ClH/c16-8-10-18-15(19)14-13(7-4-9-17-14)20-11-12-5-2-1-3-6-12;;/h1-7,9H,8,10-11,16H2,(H,18,19);2*1H. The lowest BCUT2D eigenvalue weighted by molar-refractivity contribution is 0.0944. The maximum absolute atomic E-state index is 11.9. The third kappa shape index (κ3) is 5.89. The molecule has 0 fully saturated rings. The lowest BCUT2D eigenvalue weighted by atomic mass is 10.2. The highest BCUT2D eigenvalue weighted by Crippen LogP contribution is 2.16. The topological polar surface area (TPSA) is 77.2 Å². The molecule has 0 bridgehead atoms. The number of amides is 1. The van der Waals surface area contributed by atoms with Gasteiger partial charge in [-0.15, -0.1) is 24.8 Å². The van der Waals surface area contributed by atoms with Crippen molar-refractivity contribution in [2.75, 3.05) is 13.1 Å². The van der Waals surface area contributed by atoms with Gasteiger partial charge in [-0.3, -0.25) is 4.79 Å². The quantitative estimate of drug-likeness (QED) is 0.842. The molecule has 0 spiro atoms. The molecule has 0 unspecified atom stereocenters. The van der Waals surface area contributed by atoms with E-state index in [1.807, 2.05) is 30.3 Å². The van der Waals surface area contributed by atoms with Gasteiger partial charge in [0.2, 0.25) is 0 Å². The summed E-state index contributed by atoms with van der Waals surface area (Å²) in [6.07, 6.45) is 1.56. The number of halogens is 2. The normalized spacial score (nSPS) is 9.14. The van der Waals surface area contributed by atoms with Crippen LogP contribution in [0.4, 0.5) is 0 Å². The third-order valence-corrected chi connectivity index (χ3v) is 2.65. The van der Waals surface area contributed by atoms with Gasteiger partial charge in [0.15, 0.2) is 11.4 Å². The molecule has 1 heterocycles. The summed E-state index contributed by atoms with van der Waals surface area (Å²) in [4.78, 5) is 16.0. The van der Waals surface area contributed by atoms with Crippen LogP contribution < -0.4 is 15.8 Å². The Hall–Kier alpha value is -1.82. The summed E-state index contributed by atoms with van der Waals surface area (Å²) in [6.45, 7) is 1.19. The van der Waals surface area contributed by atoms with Crippen molar-refractivity contribution in [1.82, 2.24) is 10.3 Å². The van der Waals surface area contributed by atoms with Gasteiger partial charge in [-0.1, -0.05) is 30.3 Å². The molecule has 0 aliphatic heterocycles. The van der Waals surface area contributed by atoms with Crippen LogP contribution in [0.25, 0.3) is 0 Å². The fourth-order valence-electron chi connectivity index (χ4n) is 1.68. The third-order valence-electron chi connectivity index (χ3n) is 2.65. The van der Waals surface area contributed by atoms with Crippen molar-refractivity contribution in [1.29, 1.82) is 0 Å². The first-order valence-electron chi connectivity index (χ1n) is 6.41. The molecule has 22 heavy (non-hydrogen) atoms. The molecular weight excluding hydrogens is 325 g/mol. The maximum atomic E-state index is 11.9. The van der Waals surface area contributed by atoms with Crippen LogP contribution in [0.1, 0.15) is 16.1 Å². The van der Waals surface area contributed by atoms with Crippen LogP contribution in [0.3, 0.4) is 0 Å². The molecule has 7 heteroatoms. The van der Waals surface area contributed by atoms with Crippen LogP contribution in [0.2, 0.25) is 0 Å². The van der Waals surface area contributed by atoms with Gasteiger partial charge in [-0.05, 0) is 17.7 Å². The molecule has 2 rings (SSSR count). The van der Waals surface area contributed by atoms with E-state index < -0.39 is 0 Å². The number of rotatable bonds is 6. The second-order valence-corrected chi connectivity index (χ2v) is 4.17. The van der Waals surface area contributed by atoms with Gasteiger partial charge >= 0.3 is 0 Å². The molecule has 3 N–H and O–H groups in total. The van der Waals surface area contributed by atoms with E-state index in [4.69, 9.17) is 10.5 Å². The van der Waals surface area contributed by atoms with Crippen LogP contribution in [-0.4, -0.2) is 24.0 Å². The SMILES string of the molecule is Cl.Cl.NCCNC(=O)c1ncccc1OCc1ccccc1. The Morgan fingerprint density at radius 2 is 1.86 bits per heavy atom. The summed E-state index contributed by atoms with van der Waals surface area (Å²) in [7, 11) is 0. The zero-order valence-corrected chi connectivity index (χ0v) is 13.5. The monoisotopic (exact) mass is 343 g/mol. The van der Waals surface area contributed by atoms with E-state index in [0.717, 1.165) is 5.56 Å². The smallest absolute Gasteiger partial charge is 0.273 e. The molecule has 0 saturated carbocycles. The van der Waals surface area contributed by atoms with Crippen molar-refractivity contribution < 1.29 is 9.53 Å². The molecule has 0 saturated heterocycles. The molecule has 0 atom stereocenters. The highest BCUT2D eigenvalue weighted by molar-refractivity contribution is 5.94. The van der Waals surface area contributed by atoms with Crippen LogP contribution in [0.15, 0.2) is 48.7 Å². The highest BCUT2D eigenvalue weighted by atomic mass is 35.5. The summed E-state index contributed by atoms with van der Waals surface area (Å²) in [6, 6.07) is 13.2. The summed E-state index contributed by atoms with van der Waals surface area (Å²) in [5, 5.41) is 2.68. The van der Waals surface area contributed by atoms with E-state index in [-0.39, 0.29) is 36.4 Å². The van der Waals surface area contributed by atoms with Crippen molar-refractivity contribution in [3.05, 3.63) is 59.9 Å².